The number of ether oxygens (including phenoxy) is 5. The summed E-state index contributed by atoms with van der Waals surface area (Å²) in [5.74, 6) is -2.84. The average molecular weight is 683 g/mol. The number of carbonyl (C=O) groups excluding carboxylic acids is 4. The van der Waals surface area contributed by atoms with Crippen LogP contribution in [0, 0.1) is 10.8 Å². The molecule has 2 heterocycles. The molecular weight excluding hydrogens is 632 g/mol. The van der Waals surface area contributed by atoms with Gasteiger partial charge in [-0.25, -0.2) is 9.59 Å². The highest BCUT2D eigenvalue weighted by Gasteiger charge is 2.40. The molecule has 0 radical (unpaired) electrons. The minimum absolute atomic E-state index is 0.0711. The second-order valence-electron chi connectivity index (χ2n) is 12.0. The summed E-state index contributed by atoms with van der Waals surface area (Å²) < 4.78 is 43.5. The van der Waals surface area contributed by atoms with Gasteiger partial charge in [-0.2, -0.15) is 0 Å². The van der Waals surface area contributed by atoms with Gasteiger partial charge in [0.05, 0.1) is 59.5 Å². The summed E-state index contributed by atoms with van der Waals surface area (Å²) in [5, 5.41) is 5.56. The molecule has 2 aliphatic rings. The van der Waals surface area contributed by atoms with Crippen LogP contribution in [0.3, 0.4) is 0 Å². The number of nitrogens with one attached hydrogen (secondary N) is 2. The van der Waals surface area contributed by atoms with Gasteiger partial charge in [0, 0.05) is 54.2 Å². The van der Waals surface area contributed by atoms with E-state index in [2.05, 4.69) is 10.6 Å². The Balaban J connectivity index is 1.94. The van der Waals surface area contributed by atoms with Gasteiger partial charge in [-0.15, -0.1) is 0 Å². The first-order valence-corrected chi connectivity index (χ1v) is 17.9. The second kappa shape index (κ2) is 18.0. The summed E-state index contributed by atoms with van der Waals surface area (Å²) in [6.07, 6.45) is 2.43. The molecule has 0 unspecified atom stereocenters. The third-order valence-corrected chi connectivity index (χ3v) is 11.8. The molecule has 0 aliphatic carbocycles. The van der Waals surface area contributed by atoms with Crippen LogP contribution in [-0.2, 0) is 37.0 Å². The molecule has 2 fully saturated rings. The van der Waals surface area contributed by atoms with Crippen molar-refractivity contribution in [1.29, 1.82) is 0 Å². The highest BCUT2D eigenvalue weighted by molar-refractivity contribution is 6.60. The Morgan fingerprint density at radius 1 is 0.702 bits per heavy atom. The molecule has 1 aromatic rings. The normalized spacial score (nSPS) is 16.4. The molecule has 2 aliphatic heterocycles. The van der Waals surface area contributed by atoms with Crippen LogP contribution in [0.2, 0.25) is 6.04 Å². The third kappa shape index (κ3) is 9.81. The van der Waals surface area contributed by atoms with Gasteiger partial charge in [0.15, 0.2) is 0 Å². The van der Waals surface area contributed by atoms with Gasteiger partial charge in [0.1, 0.15) is 13.2 Å². The zero-order valence-corrected chi connectivity index (χ0v) is 29.5. The van der Waals surface area contributed by atoms with Crippen molar-refractivity contribution >= 4 is 32.6 Å². The number of hydrogen-bond donors (Lipinski definition) is 2. The predicted octanol–water partition coefficient (Wildman–Crippen LogP) is 2.62. The highest BCUT2D eigenvalue weighted by atomic mass is 28.4. The van der Waals surface area contributed by atoms with Crippen LogP contribution in [-0.4, -0.2) is 120 Å². The Labute approximate surface area is 277 Å². The van der Waals surface area contributed by atoms with Crippen molar-refractivity contribution in [2.75, 3.05) is 87.8 Å². The molecule has 0 saturated carbocycles. The van der Waals surface area contributed by atoms with Gasteiger partial charge in [-0.1, -0.05) is 13.8 Å². The Hall–Kier alpha value is -2.92. The molecule has 15 heteroatoms. The molecule has 2 amide bonds. The Bertz CT molecular complexity index is 1210. The molecule has 264 valence electrons. The van der Waals surface area contributed by atoms with Gasteiger partial charge < -0.3 is 47.6 Å². The summed E-state index contributed by atoms with van der Waals surface area (Å²) in [5.41, 5.74) is -1.17. The molecule has 14 nitrogen and oxygen atoms in total. The van der Waals surface area contributed by atoms with Gasteiger partial charge in [0.2, 0.25) is 0 Å². The molecule has 0 atom stereocenters. The molecule has 3 rings (SSSR count). The minimum atomic E-state index is -2.87. The molecule has 0 bridgehead atoms. The SMILES string of the molecule is CCC1(COC(=O)c2cc(C(=O)OCC3(CC)COC3)c(C(=O)NCCC[Si](OC)(OC)OC)cc2C(=O)NCCCOC)COC1. The van der Waals surface area contributed by atoms with E-state index in [1.54, 1.807) is 7.11 Å². The van der Waals surface area contributed by atoms with Crippen molar-refractivity contribution in [3.05, 3.63) is 34.4 Å². The lowest BCUT2D eigenvalue weighted by Gasteiger charge is -2.40. The zero-order chi connectivity index (χ0) is 34.5. The molecule has 1 aromatic carbocycles. The molecule has 2 saturated heterocycles. The minimum Gasteiger partial charge on any atom is -0.461 e. The van der Waals surface area contributed by atoms with E-state index in [0.717, 1.165) is 12.8 Å². The Morgan fingerprint density at radius 3 is 1.49 bits per heavy atom. The number of hydrogen-bond acceptors (Lipinski definition) is 12. The van der Waals surface area contributed by atoms with E-state index in [0.29, 0.717) is 51.9 Å². The Kier molecular flexibility index (Phi) is 14.8. The zero-order valence-electron chi connectivity index (χ0n) is 28.5. The second-order valence-corrected chi connectivity index (χ2v) is 15.1. The van der Waals surface area contributed by atoms with E-state index in [4.69, 9.17) is 37.0 Å². The van der Waals surface area contributed by atoms with Crippen LogP contribution >= 0.6 is 0 Å². The van der Waals surface area contributed by atoms with Crippen molar-refractivity contribution in [3.63, 3.8) is 0 Å². The van der Waals surface area contributed by atoms with E-state index in [1.807, 2.05) is 13.8 Å². The van der Waals surface area contributed by atoms with Gasteiger partial charge in [0.25, 0.3) is 11.8 Å². The van der Waals surface area contributed by atoms with Crippen LogP contribution in [0.25, 0.3) is 0 Å². The molecule has 0 aromatic heterocycles. The van der Waals surface area contributed by atoms with Crippen molar-refractivity contribution in [1.82, 2.24) is 10.6 Å². The van der Waals surface area contributed by atoms with Gasteiger partial charge in [-0.3, -0.25) is 9.59 Å². The number of methoxy groups -OCH3 is 1. The fraction of sp³-hybridized carbons (Fsp3) is 0.688. The lowest BCUT2D eigenvalue weighted by Crippen LogP contribution is -2.46. The summed E-state index contributed by atoms with van der Waals surface area (Å²) in [6.45, 7) is 6.77. The van der Waals surface area contributed by atoms with Crippen LogP contribution in [0.15, 0.2) is 12.1 Å². The fourth-order valence-corrected chi connectivity index (χ4v) is 6.86. The average Bonchev–Trinajstić information content (AvgIpc) is 3.05. The van der Waals surface area contributed by atoms with E-state index in [9.17, 15) is 19.2 Å². The quantitative estimate of drug-likeness (QED) is 0.111. The predicted molar refractivity (Wildman–Crippen MR) is 171 cm³/mol. The first-order chi connectivity index (χ1) is 22.6. The molecule has 0 spiro atoms. The van der Waals surface area contributed by atoms with Crippen molar-refractivity contribution in [2.45, 2.75) is 45.6 Å². The van der Waals surface area contributed by atoms with Crippen molar-refractivity contribution < 1.29 is 56.1 Å². The van der Waals surface area contributed by atoms with Gasteiger partial charge in [-0.05, 0) is 37.8 Å². The molecule has 2 N–H and O–H groups in total. The smallest absolute Gasteiger partial charge is 0.461 e. The van der Waals surface area contributed by atoms with Crippen LogP contribution in [0.4, 0.5) is 0 Å². The van der Waals surface area contributed by atoms with Crippen LogP contribution < -0.4 is 10.6 Å². The molecule has 47 heavy (non-hydrogen) atoms. The lowest BCUT2D eigenvalue weighted by molar-refractivity contribution is -0.140. The van der Waals surface area contributed by atoms with Crippen molar-refractivity contribution in [3.8, 4) is 0 Å². The van der Waals surface area contributed by atoms with E-state index in [1.165, 1.54) is 33.5 Å². The summed E-state index contributed by atoms with van der Waals surface area (Å²) in [7, 11) is 3.20. The number of carbonyl (C=O) groups is 4. The van der Waals surface area contributed by atoms with E-state index in [-0.39, 0.29) is 59.4 Å². The summed E-state index contributed by atoms with van der Waals surface area (Å²) in [6, 6.07) is 2.89. The maximum atomic E-state index is 13.6. The van der Waals surface area contributed by atoms with E-state index < -0.39 is 32.6 Å². The first kappa shape index (κ1) is 38.5. The number of benzene rings is 1. The topological polar surface area (TPSA) is 166 Å². The number of amides is 2. The van der Waals surface area contributed by atoms with Gasteiger partial charge >= 0.3 is 20.7 Å². The largest absolute Gasteiger partial charge is 0.500 e. The summed E-state index contributed by atoms with van der Waals surface area (Å²) in [4.78, 5) is 54.2. The number of rotatable bonds is 21. The first-order valence-electron chi connectivity index (χ1n) is 15.9. The summed E-state index contributed by atoms with van der Waals surface area (Å²) >= 11 is 0. The van der Waals surface area contributed by atoms with Crippen molar-refractivity contribution in [2.24, 2.45) is 10.8 Å². The third-order valence-electron chi connectivity index (χ3n) is 8.93. The van der Waals surface area contributed by atoms with Crippen LogP contribution in [0.1, 0.15) is 81.0 Å². The fourth-order valence-electron chi connectivity index (χ4n) is 5.14. The van der Waals surface area contributed by atoms with E-state index >= 15 is 0 Å². The standard InChI is InChI=1S/C32H50N2O12Si/c1-7-31(17-43-18-31)21-45-29(37)25-16-26(30(38)46-22-32(8-2)19-44-20-32)24(15-23(25)27(35)33-11-9-13-39-3)28(36)34-12-10-14-47(40-4,41-5)42-6/h15-16H,7-14,17-22H2,1-6H3,(H,33,35)(H,34,36). The van der Waals surface area contributed by atoms with Crippen LogP contribution in [0.5, 0.6) is 0 Å². The maximum absolute atomic E-state index is 13.6. The maximum Gasteiger partial charge on any atom is 0.500 e. The lowest BCUT2D eigenvalue weighted by atomic mass is 9.84. The Morgan fingerprint density at radius 2 is 1.13 bits per heavy atom. The highest BCUT2D eigenvalue weighted by Crippen LogP contribution is 2.33. The number of esters is 2. The molecular formula is C32H50N2O12Si. The monoisotopic (exact) mass is 682 g/mol.